The molecule has 0 saturated heterocycles. The van der Waals surface area contributed by atoms with Gasteiger partial charge in [0.1, 0.15) is 0 Å². The third-order valence-electron chi connectivity index (χ3n) is 2.70. The van der Waals surface area contributed by atoms with Crippen LogP contribution < -0.4 is 0 Å². The predicted molar refractivity (Wildman–Crippen MR) is 69.3 cm³/mol. The van der Waals surface area contributed by atoms with Gasteiger partial charge in [0, 0.05) is 5.75 Å². The summed E-state index contributed by atoms with van der Waals surface area (Å²) in [7, 11) is 0. The van der Waals surface area contributed by atoms with Crippen molar-refractivity contribution in [1.29, 1.82) is 0 Å². The summed E-state index contributed by atoms with van der Waals surface area (Å²) in [4.78, 5) is 0. The van der Waals surface area contributed by atoms with Crippen LogP contribution in [0.5, 0.6) is 0 Å². The molecular weight excluding hydrogens is 200 g/mol. The molecule has 0 aliphatic rings. The molecule has 0 aliphatic carbocycles. The van der Waals surface area contributed by atoms with Gasteiger partial charge in [-0.25, -0.2) is 0 Å². The van der Waals surface area contributed by atoms with Gasteiger partial charge in [0.15, 0.2) is 0 Å². The molecule has 76 valence electrons. The fourth-order valence-corrected chi connectivity index (χ4v) is 2.13. The lowest BCUT2D eigenvalue weighted by Crippen LogP contribution is -1.88. The fourth-order valence-electron chi connectivity index (χ4n) is 1.79. The van der Waals surface area contributed by atoms with E-state index in [0.717, 1.165) is 5.75 Å². The van der Waals surface area contributed by atoms with E-state index in [1.54, 1.807) is 0 Å². The number of hydrogen-bond donors (Lipinski definition) is 1. The minimum absolute atomic E-state index is 0.798. The van der Waals surface area contributed by atoms with Gasteiger partial charge in [-0.2, -0.15) is 12.6 Å². The van der Waals surface area contributed by atoms with Crippen molar-refractivity contribution >= 4 is 12.6 Å². The molecule has 2 aromatic rings. The number of thiol groups is 1. The van der Waals surface area contributed by atoms with Gasteiger partial charge in [-0.3, -0.25) is 0 Å². The first-order chi connectivity index (χ1) is 7.33. The highest BCUT2D eigenvalue weighted by Crippen LogP contribution is 2.25. The van der Waals surface area contributed by atoms with E-state index in [-0.39, 0.29) is 0 Å². The molecule has 0 bridgehead atoms. The van der Waals surface area contributed by atoms with Crippen LogP contribution in [-0.4, -0.2) is 0 Å². The van der Waals surface area contributed by atoms with Crippen LogP contribution >= 0.6 is 12.6 Å². The molecule has 0 fully saturated rings. The Labute approximate surface area is 96.4 Å². The van der Waals surface area contributed by atoms with Crippen LogP contribution in [0, 0.1) is 6.92 Å². The second kappa shape index (κ2) is 4.54. The zero-order chi connectivity index (χ0) is 10.7. The Morgan fingerprint density at radius 1 is 0.933 bits per heavy atom. The van der Waals surface area contributed by atoms with Crippen molar-refractivity contribution in [2.24, 2.45) is 0 Å². The molecule has 1 heteroatoms. The Balaban J connectivity index is 2.54. The van der Waals surface area contributed by atoms with Gasteiger partial charge >= 0.3 is 0 Å². The molecule has 0 radical (unpaired) electrons. The lowest BCUT2D eigenvalue weighted by atomic mass is 9.97. The molecule has 2 aromatic carbocycles. The first kappa shape index (κ1) is 10.3. The topological polar surface area (TPSA) is 0 Å². The van der Waals surface area contributed by atoms with Crippen LogP contribution in [0.25, 0.3) is 11.1 Å². The normalized spacial score (nSPS) is 10.3. The van der Waals surface area contributed by atoms with Gasteiger partial charge in [0.25, 0.3) is 0 Å². The van der Waals surface area contributed by atoms with E-state index in [1.165, 1.54) is 22.3 Å². The van der Waals surface area contributed by atoms with Gasteiger partial charge in [0.2, 0.25) is 0 Å². The van der Waals surface area contributed by atoms with Crippen molar-refractivity contribution in [1.82, 2.24) is 0 Å². The summed E-state index contributed by atoms with van der Waals surface area (Å²) in [6.07, 6.45) is 0. The van der Waals surface area contributed by atoms with E-state index in [4.69, 9.17) is 0 Å². The first-order valence-electron chi connectivity index (χ1n) is 5.07. The number of benzene rings is 2. The highest BCUT2D eigenvalue weighted by molar-refractivity contribution is 7.79. The Morgan fingerprint density at radius 3 is 2.33 bits per heavy atom. The zero-order valence-electron chi connectivity index (χ0n) is 8.77. The quantitative estimate of drug-likeness (QED) is 0.715. The summed E-state index contributed by atoms with van der Waals surface area (Å²) in [5, 5.41) is 0. The van der Waals surface area contributed by atoms with E-state index in [0.29, 0.717) is 0 Å². The van der Waals surface area contributed by atoms with E-state index in [9.17, 15) is 0 Å². The van der Waals surface area contributed by atoms with E-state index >= 15 is 0 Å². The SMILES string of the molecule is Cc1c(CS)cccc1-c1ccccc1. The fraction of sp³-hybridized carbons (Fsp3) is 0.143. The Hall–Kier alpha value is -1.21. The Morgan fingerprint density at radius 2 is 1.67 bits per heavy atom. The van der Waals surface area contributed by atoms with Crippen molar-refractivity contribution in [3.05, 3.63) is 59.7 Å². The summed E-state index contributed by atoms with van der Waals surface area (Å²) in [5.74, 6) is 0.798. The van der Waals surface area contributed by atoms with Crippen LogP contribution in [0.2, 0.25) is 0 Å². The lowest BCUT2D eigenvalue weighted by molar-refractivity contribution is 1.31. The maximum Gasteiger partial charge on any atom is 0.0157 e. The van der Waals surface area contributed by atoms with Crippen LogP contribution in [0.4, 0.5) is 0 Å². The third-order valence-corrected chi connectivity index (χ3v) is 3.04. The van der Waals surface area contributed by atoms with Crippen molar-refractivity contribution in [3.63, 3.8) is 0 Å². The molecule has 0 nitrogen and oxygen atoms in total. The van der Waals surface area contributed by atoms with E-state index < -0.39 is 0 Å². The largest absolute Gasteiger partial charge is 0.175 e. The Kier molecular flexibility index (Phi) is 3.12. The molecule has 15 heavy (non-hydrogen) atoms. The average molecular weight is 214 g/mol. The minimum atomic E-state index is 0.798. The van der Waals surface area contributed by atoms with Crippen molar-refractivity contribution in [3.8, 4) is 11.1 Å². The highest BCUT2D eigenvalue weighted by Gasteiger charge is 2.03. The molecule has 0 atom stereocenters. The third kappa shape index (κ3) is 2.07. The second-order valence-electron chi connectivity index (χ2n) is 3.61. The minimum Gasteiger partial charge on any atom is -0.175 e. The van der Waals surface area contributed by atoms with Crippen molar-refractivity contribution in [2.75, 3.05) is 0 Å². The van der Waals surface area contributed by atoms with Gasteiger partial charge < -0.3 is 0 Å². The van der Waals surface area contributed by atoms with Crippen LogP contribution in [-0.2, 0) is 5.75 Å². The van der Waals surface area contributed by atoms with Crippen LogP contribution in [0.15, 0.2) is 48.5 Å². The maximum absolute atomic E-state index is 4.34. The van der Waals surface area contributed by atoms with Crippen molar-refractivity contribution < 1.29 is 0 Å². The monoisotopic (exact) mass is 214 g/mol. The summed E-state index contributed by atoms with van der Waals surface area (Å²) in [6.45, 7) is 2.16. The number of hydrogen-bond acceptors (Lipinski definition) is 1. The van der Waals surface area contributed by atoms with E-state index in [2.05, 4.69) is 62.0 Å². The van der Waals surface area contributed by atoms with Gasteiger partial charge in [-0.05, 0) is 29.2 Å². The Bertz CT molecular complexity index is 446. The highest BCUT2D eigenvalue weighted by atomic mass is 32.1. The molecular formula is C14H14S. The molecule has 0 aliphatic heterocycles. The lowest BCUT2D eigenvalue weighted by Gasteiger charge is -2.09. The summed E-state index contributed by atoms with van der Waals surface area (Å²) in [6, 6.07) is 16.9. The van der Waals surface area contributed by atoms with Gasteiger partial charge in [0.05, 0.1) is 0 Å². The standard InChI is InChI=1S/C14H14S/c1-11-13(10-15)8-5-9-14(11)12-6-3-2-4-7-12/h2-9,15H,10H2,1H3. The zero-order valence-corrected chi connectivity index (χ0v) is 9.67. The molecule has 0 heterocycles. The predicted octanol–water partition coefficient (Wildman–Crippen LogP) is 4.09. The molecule has 2 rings (SSSR count). The summed E-state index contributed by atoms with van der Waals surface area (Å²) >= 11 is 4.34. The maximum atomic E-state index is 4.34. The first-order valence-corrected chi connectivity index (χ1v) is 5.71. The van der Waals surface area contributed by atoms with Crippen molar-refractivity contribution in [2.45, 2.75) is 12.7 Å². The molecule has 0 amide bonds. The molecule has 0 N–H and O–H groups in total. The van der Waals surface area contributed by atoms with Gasteiger partial charge in [-0.15, -0.1) is 0 Å². The van der Waals surface area contributed by atoms with Gasteiger partial charge in [-0.1, -0.05) is 48.5 Å². The summed E-state index contributed by atoms with van der Waals surface area (Å²) in [5.41, 5.74) is 5.22. The molecule has 0 spiro atoms. The second-order valence-corrected chi connectivity index (χ2v) is 3.93. The molecule has 0 unspecified atom stereocenters. The summed E-state index contributed by atoms with van der Waals surface area (Å²) < 4.78 is 0. The average Bonchev–Trinajstić information content (AvgIpc) is 2.30. The van der Waals surface area contributed by atoms with Crippen LogP contribution in [0.1, 0.15) is 11.1 Å². The number of rotatable bonds is 2. The molecule has 0 saturated carbocycles. The van der Waals surface area contributed by atoms with Crippen LogP contribution in [0.3, 0.4) is 0 Å². The molecule has 0 aromatic heterocycles. The smallest absolute Gasteiger partial charge is 0.0157 e. The van der Waals surface area contributed by atoms with E-state index in [1.807, 2.05) is 6.07 Å².